The predicted molar refractivity (Wildman–Crippen MR) is 61.1 cm³/mol. The van der Waals surface area contributed by atoms with Crippen LogP contribution in [0.1, 0.15) is 38.5 Å². The summed E-state index contributed by atoms with van der Waals surface area (Å²) in [6, 6.07) is 0. The maximum absolute atomic E-state index is 5.28. The van der Waals surface area contributed by atoms with Gasteiger partial charge in [-0.15, -0.1) is 0 Å². The van der Waals surface area contributed by atoms with Crippen molar-refractivity contribution < 1.29 is 4.74 Å². The Bertz CT molecular complexity index is 223. The first kappa shape index (κ1) is 11.1. The van der Waals surface area contributed by atoms with Crippen LogP contribution in [0.2, 0.25) is 0 Å². The smallest absolute Gasteiger partial charge is 0.0955 e. The molecule has 1 nitrogen and oxygen atoms in total. The van der Waals surface area contributed by atoms with Crippen LogP contribution in [0, 0.1) is 0 Å². The Labute approximate surface area is 87.2 Å². The summed E-state index contributed by atoms with van der Waals surface area (Å²) in [4.78, 5) is 0. The highest BCUT2D eigenvalue weighted by Crippen LogP contribution is 2.12. The Morgan fingerprint density at radius 1 is 1.00 bits per heavy atom. The zero-order chi connectivity index (χ0) is 10.1. The van der Waals surface area contributed by atoms with Gasteiger partial charge >= 0.3 is 0 Å². The van der Waals surface area contributed by atoms with E-state index in [-0.39, 0.29) is 0 Å². The van der Waals surface area contributed by atoms with E-state index in [0.29, 0.717) is 0 Å². The van der Waals surface area contributed by atoms with Gasteiger partial charge in [0, 0.05) is 6.42 Å². The molecule has 14 heavy (non-hydrogen) atoms. The summed E-state index contributed by atoms with van der Waals surface area (Å²) in [5.41, 5.74) is 0. The number of rotatable bonds is 1. The van der Waals surface area contributed by atoms with Crippen LogP contribution in [0.4, 0.5) is 0 Å². The first-order chi connectivity index (χ1) is 6.93. The Kier molecular flexibility index (Phi) is 5.89. The molecule has 0 atom stereocenters. The summed E-state index contributed by atoms with van der Waals surface area (Å²) in [7, 11) is 1.75. The minimum atomic E-state index is 1.07. The van der Waals surface area contributed by atoms with Gasteiger partial charge in [-0.25, -0.2) is 0 Å². The molecule has 0 aromatic rings. The number of hydrogen-bond donors (Lipinski definition) is 0. The van der Waals surface area contributed by atoms with Crippen LogP contribution >= 0.6 is 0 Å². The lowest BCUT2D eigenvalue weighted by Crippen LogP contribution is -1.87. The second-order valence-corrected chi connectivity index (χ2v) is 3.60. The topological polar surface area (TPSA) is 9.23 Å². The van der Waals surface area contributed by atoms with Crippen LogP contribution in [0.25, 0.3) is 0 Å². The minimum Gasteiger partial charge on any atom is -0.501 e. The molecule has 1 rings (SSSR count). The first-order valence-electron chi connectivity index (χ1n) is 5.50. The van der Waals surface area contributed by atoms with Gasteiger partial charge in [-0.05, 0) is 25.3 Å². The molecule has 0 amide bonds. The van der Waals surface area contributed by atoms with Crippen molar-refractivity contribution in [1.29, 1.82) is 0 Å². The highest BCUT2D eigenvalue weighted by molar-refractivity contribution is 5.13. The van der Waals surface area contributed by atoms with Crippen molar-refractivity contribution in [3.63, 3.8) is 0 Å². The molecule has 0 radical (unpaired) electrons. The molecule has 78 valence electrons. The molecule has 0 saturated heterocycles. The number of allylic oxidation sites excluding steroid dienone is 6. The zero-order valence-corrected chi connectivity index (χ0v) is 9.04. The van der Waals surface area contributed by atoms with Crippen molar-refractivity contribution in [2.75, 3.05) is 7.11 Å². The molecule has 0 unspecified atom stereocenters. The Balaban J connectivity index is 2.50. The molecular formula is C13H20O. The average Bonchev–Trinajstić information content (AvgIpc) is 2.19. The van der Waals surface area contributed by atoms with E-state index in [9.17, 15) is 0 Å². The number of ether oxygens (including phenoxy) is 1. The largest absolute Gasteiger partial charge is 0.501 e. The Hall–Kier alpha value is -0.980. The van der Waals surface area contributed by atoms with Crippen molar-refractivity contribution >= 4 is 0 Å². The lowest BCUT2D eigenvalue weighted by atomic mass is 10.1. The molecule has 1 heteroatoms. The molecule has 0 aromatic carbocycles. The van der Waals surface area contributed by atoms with Crippen LogP contribution < -0.4 is 0 Å². The van der Waals surface area contributed by atoms with E-state index < -0.39 is 0 Å². The summed E-state index contributed by atoms with van der Waals surface area (Å²) in [5.74, 6) is 1.09. The number of hydrogen-bond acceptors (Lipinski definition) is 1. The van der Waals surface area contributed by atoms with Gasteiger partial charge in [0.1, 0.15) is 0 Å². The molecule has 0 aromatic heterocycles. The zero-order valence-electron chi connectivity index (χ0n) is 9.04. The summed E-state index contributed by atoms with van der Waals surface area (Å²) < 4.78 is 5.28. The average molecular weight is 192 g/mol. The van der Waals surface area contributed by atoms with Crippen LogP contribution in [0.3, 0.4) is 0 Å². The molecule has 0 fully saturated rings. The summed E-state index contributed by atoms with van der Waals surface area (Å²) in [6.07, 6.45) is 18.0. The summed E-state index contributed by atoms with van der Waals surface area (Å²) in [5, 5.41) is 0. The second kappa shape index (κ2) is 7.43. The van der Waals surface area contributed by atoms with Gasteiger partial charge in [0.2, 0.25) is 0 Å². The summed E-state index contributed by atoms with van der Waals surface area (Å²) >= 11 is 0. The molecule has 0 spiro atoms. The van der Waals surface area contributed by atoms with Gasteiger partial charge in [-0.1, -0.05) is 37.1 Å². The van der Waals surface area contributed by atoms with Crippen LogP contribution in [-0.2, 0) is 4.74 Å². The standard InChI is InChI=1S/C13H20O/c1-14-13-11-9-7-5-3-2-4-6-8-10-12-13/h3,5,7,9,11H,2,4,6,8,10,12H2,1H3. The Morgan fingerprint density at radius 2 is 1.86 bits per heavy atom. The monoisotopic (exact) mass is 192 g/mol. The molecule has 0 aliphatic heterocycles. The quantitative estimate of drug-likeness (QED) is 0.610. The Morgan fingerprint density at radius 3 is 2.71 bits per heavy atom. The van der Waals surface area contributed by atoms with E-state index in [1.807, 2.05) is 0 Å². The SMILES string of the molecule is COC1=CC=CC=CCCCCCC1. The normalized spacial score (nSPS) is 19.4. The maximum Gasteiger partial charge on any atom is 0.0955 e. The van der Waals surface area contributed by atoms with Crippen molar-refractivity contribution in [3.8, 4) is 0 Å². The molecule has 0 saturated carbocycles. The maximum atomic E-state index is 5.28. The van der Waals surface area contributed by atoms with E-state index in [2.05, 4.69) is 30.4 Å². The van der Waals surface area contributed by atoms with Crippen molar-refractivity contribution in [1.82, 2.24) is 0 Å². The van der Waals surface area contributed by atoms with Gasteiger partial charge < -0.3 is 4.74 Å². The molecule has 1 aliphatic rings. The lowest BCUT2D eigenvalue weighted by Gasteiger charge is -2.05. The minimum absolute atomic E-state index is 1.07. The van der Waals surface area contributed by atoms with Crippen LogP contribution in [0.5, 0.6) is 0 Å². The predicted octanol–water partition coefficient (Wildman–Crippen LogP) is 3.98. The highest BCUT2D eigenvalue weighted by atomic mass is 16.5. The lowest BCUT2D eigenvalue weighted by molar-refractivity contribution is 0.274. The van der Waals surface area contributed by atoms with Gasteiger partial charge in [0.05, 0.1) is 12.9 Å². The van der Waals surface area contributed by atoms with E-state index in [0.717, 1.165) is 12.2 Å². The molecule has 0 heterocycles. The third-order valence-corrected chi connectivity index (χ3v) is 2.45. The van der Waals surface area contributed by atoms with Gasteiger partial charge in [-0.2, -0.15) is 0 Å². The van der Waals surface area contributed by atoms with Crippen LogP contribution in [-0.4, -0.2) is 7.11 Å². The van der Waals surface area contributed by atoms with E-state index in [1.54, 1.807) is 7.11 Å². The first-order valence-corrected chi connectivity index (χ1v) is 5.50. The van der Waals surface area contributed by atoms with E-state index in [4.69, 9.17) is 4.74 Å². The third-order valence-electron chi connectivity index (χ3n) is 2.45. The van der Waals surface area contributed by atoms with Gasteiger partial charge in [-0.3, -0.25) is 0 Å². The fourth-order valence-corrected chi connectivity index (χ4v) is 1.57. The third kappa shape index (κ3) is 4.90. The summed E-state index contributed by atoms with van der Waals surface area (Å²) in [6.45, 7) is 0. The molecular weight excluding hydrogens is 172 g/mol. The molecule has 0 N–H and O–H groups in total. The number of methoxy groups -OCH3 is 1. The van der Waals surface area contributed by atoms with E-state index in [1.165, 1.54) is 32.1 Å². The van der Waals surface area contributed by atoms with Gasteiger partial charge in [0.25, 0.3) is 0 Å². The fraction of sp³-hybridized carbons (Fsp3) is 0.538. The van der Waals surface area contributed by atoms with Crippen molar-refractivity contribution in [2.45, 2.75) is 38.5 Å². The molecule has 0 bridgehead atoms. The fourth-order valence-electron chi connectivity index (χ4n) is 1.57. The van der Waals surface area contributed by atoms with Crippen molar-refractivity contribution in [3.05, 3.63) is 36.1 Å². The van der Waals surface area contributed by atoms with E-state index >= 15 is 0 Å². The molecule has 1 aliphatic carbocycles. The van der Waals surface area contributed by atoms with Crippen molar-refractivity contribution in [2.24, 2.45) is 0 Å². The van der Waals surface area contributed by atoms with Crippen LogP contribution in [0.15, 0.2) is 36.1 Å². The van der Waals surface area contributed by atoms with Gasteiger partial charge in [0.15, 0.2) is 0 Å². The second-order valence-electron chi connectivity index (χ2n) is 3.60. The highest BCUT2D eigenvalue weighted by Gasteiger charge is 1.95.